The Labute approximate surface area is 131 Å². The number of nitrogens with zero attached hydrogens (tertiary/aromatic N) is 5. The fourth-order valence-electron chi connectivity index (χ4n) is 1.90. The maximum atomic E-state index is 12.2. The van der Waals surface area contributed by atoms with Gasteiger partial charge in [0.1, 0.15) is 6.54 Å². The predicted octanol–water partition coefficient (Wildman–Crippen LogP) is -1.32. The van der Waals surface area contributed by atoms with Crippen LogP contribution in [0.15, 0.2) is 6.20 Å². The highest BCUT2D eigenvalue weighted by atomic mass is 16.5. The third-order valence-electron chi connectivity index (χ3n) is 3.15. The molecule has 1 fully saturated rings. The van der Waals surface area contributed by atoms with E-state index in [-0.39, 0.29) is 37.5 Å². The molecule has 126 valence electrons. The van der Waals surface area contributed by atoms with Crippen LogP contribution >= 0.6 is 0 Å². The van der Waals surface area contributed by atoms with Crippen molar-refractivity contribution in [2.45, 2.75) is 12.6 Å². The van der Waals surface area contributed by atoms with Crippen LogP contribution in [0.4, 0.5) is 10.6 Å². The smallest absolute Gasteiger partial charge is 0.334 e. The lowest BCUT2D eigenvalue weighted by Gasteiger charge is -2.30. The van der Waals surface area contributed by atoms with Crippen molar-refractivity contribution in [1.29, 1.82) is 0 Å². The number of morpholine rings is 1. The summed E-state index contributed by atoms with van der Waals surface area (Å²) in [6.45, 7) is 0.317. The van der Waals surface area contributed by atoms with Crippen LogP contribution in [0.2, 0.25) is 0 Å². The molecule has 1 atom stereocenters. The first-order valence-corrected chi connectivity index (χ1v) is 6.87. The first kappa shape index (κ1) is 16.7. The van der Waals surface area contributed by atoms with Crippen molar-refractivity contribution in [2.75, 3.05) is 39.1 Å². The van der Waals surface area contributed by atoms with Gasteiger partial charge in [0, 0.05) is 20.6 Å². The monoisotopic (exact) mass is 326 g/mol. The summed E-state index contributed by atoms with van der Waals surface area (Å²) in [6.07, 6.45) is 0.307. The highest BCUT2D eigenvalue weighted by Crippen LogP contribution is 2.07. The van der Waals surface area contributed by atoms with Crippen molar-refractivity contribution in [3.8, 4) is 0 Å². The molecular weight excluding hydrogens is 308 g/mol. The molecule has 11 nitrogen and oxygen atoms in total. The second kappa shape index (κ2) is 7.05. The van der Waals surface area contributed by atoms with Crippen LogP contribution in [0.3, 0.4) is 0 Å². The molecule has 0 bridgehead atoms. The van der Waals surface area contributed by atoms with Gasteiger partial charge < -0.3 is 19.6 Å². The lowest BCUT2D eigenvalue weighted by Crippen LogP contribution is -2.49. The highest BCUT2D eigenvalue weighted by molar-refractivity contribution is 5.87. The zero-order valence-electron chi connectivity index (χ0n) is 12.8. The summed E-state index contributed by atoms with van der Waals surface area (Å²) in [7, 11) is 3.17. The molecule has 2 heterocycles. The number of nitrogens with one attached hydrogen (secondary N) is 1. The van der Waals surface area contributed by atoms with E-state index in [0.717, 1.165) is 4.80 Å². The lowest BCUT2D eigenvalue weighted by molar-refractivity contribution is -0.159. The number of hydrogen-bond donors (Lipinski definition) is 2. The fraction of sp³-hybridized carbons (Fsp3) is 0.583. The van der Waals surface area contributed by atoms with Crippen LogP contribution in [-0.2, 0) is 20.9 Å². The molecule has 0 radical (unpaired) electrons. The molecular formula is C12H18N6O5. The van der Waals surface area contributed by atoms with Crippen molar-refractivity contribution >= 4 is 23.7 Å². The number of carbonyl (C=O) groups excluding carboxylic acids is 2. The Morgan fingerprint density at radius 2 is 2.22 bits per heavy atom. The van der Waals surface area contributed by atoms with Crippen LogP contribution < -0.4 is 5.32 Å². The van der Waals surface area contributed by atoms with Gasteiger partial charge in [0.2, 0.25) is 5.91 Å². The molecule has 0 aliphatic carbocycles. The molecule has 1 aromatic heterocycles. The molecule has 0 saturated carbocycles. The van der Waals surface area contributed by atoms with E-state index in [1.807, 2.05) is 0 Å². The molecule has 2 N–H and O–H groups in total. The van der Waals surface area contributed by atoms with Crippen LogP contribution in [0.25, 0.3) is 0 Å². The Kier molecular flexibility index (Phi) is 5.11. The molecule has 2 rings (SSSR count). The van der Waals surface area contributed by atoms with Gasteiger partial charge in [-0.05, 0) is 0 Å². The summed E-state index contributed by atoms with van der Waals surface area (Å²) in [6, 6.07) is -0.360. The van der Waals surface area contributed by atoms with E-state index in [0.29, 0.717) is 6.54 Å². The number of urea groups is 1. The van der Waals surface area contributed by atoms with E-state index in [9.17, 15) is 14.4 Å². The first-order valence-electron chi connectivity index (χ1n) is 6.87. The van der Waals surface area contributed by atoms with E-state index in [4.69, 9.17) is 9.84 Å². The summed E-state index contributed by atoms with van der Waals surface area (Å²) in [5.41, 5.74) is 0. The van der Waals surface area contributed by atoms with E-state index in [1.54, 1.807) is 14.1 Å². The largest absolute Gasteiger partial charge is 0.479 e. The first-order chi connectivity index (χ1) is 10.9. The summed E-state index contributed by atoms with van der Waals surface area (Å²) < 4.78 is 5.06. The van der Waals surface area contributed by atoms with Gasteiger partial charge in [0.15, 0.2) is 11.9 Å². The number of ether oxygens (including phenoxy) is 1. The van der Waals surface area contributed by atoms with Crippen molar-refractivity contribution in [2.24, 2.45) is 0 Å². The summed E-state index contributed by atoms with van der Waals surface area (Å²) >= 11 is 0. The Morgan fingerprint density at radius 1 is 1.48 bits per heavy atom. The zero-order valence-corrected chi connectivity index (χ0v) is 12.8. The standard InChI is InChI=1S/C12H18N6O5/c1-16(2)12(22)14-9-5-13-18(15-9)7-10(19)17-3-4-23-8(6-17)11(20)21/h5,8H,3-4,6-7H2,1-2H3,(H,20,21)(H,14,15,22). The number of aromatic nitrogens is 3. The molecule has 1 saturated heterocycles. The van der Waals surface area contributed by atoms with Crippen LogP contribution in [0.5, 0.6) is 0 Å². The molecule has 23 heavy (non-hydrogen) atoms. The number of carbonyl (C=O) groups is 3. The van der Waals surface area contributed by atoms with Gasteiger partial charge in [-0.2, -0.15) is 9.90 Å². The highest BCUT2D eigenvalue weighted by Gasteiger charge is 2.29. The zero-order chi connectivity index (χ0) is 17.0. The predicted molar refractivity (Wildman–Crippen MR) is 76.7 cm³/mol. The van der Waals surface area contributed by atoms with Gasteiger partial charge >= 0.3 is 12.0 Å². The molecule has 0 spiro atoms. The van der Waals surface area contributed by atoms with E-state index in [2.05, 4.69) is 15.5 Å². The number of amides is 3. The molecule has 1 aliphatic rings. The van der Waals surface area contributed by atoms with E-state index >= 15 is 0 Å². The van der Waals surface area contributed by atoms with E-state index < -0.39 is 12.1 Å². The number of carboxylic acids is 1. The molecule has 1 aliphatic heterocycles. The molecule has 1 aromatic rings. The average Bonchev–Trinajstić information content (AvgIpc) is 2.94. The quantitative estimate of drug-likeness (QED) is 0.702. The van der Waals surface area contributed by atoms with Gasteiger partial charge in [0.25, 0.3) is 0 Å². The third-order valence-corrected chi connectivity index (χ3v) is 3.15. The SMILES string of the molecule is CN(C)C(=O)Nc1cnn(CC(=O)N2CCOC(C(=O)O)C2)n1. The van der Waals surface area contributed by atoms with Crippen LogP contribution in [0.1, 0.15) is 0 Å². The number of anilines is 1. The van der Waals surface area contributed by atoms with Crippen LogP contribution in [0, 0.1) is 0 Å². The maximum absolute atomic E-state index is 12.2. The molecule has 0 aromatic carbocycles. The Balaban J connectivity index is 1.91. The normalized spacial score (nSPS) is 17.7. The minimum absolute atomic E-state index is 0.0142. The average molecular weight is 326 g/mol. The maximum Gasteiger partial charge on any atom is 0.334 e. The van der Waals surface area contributed by atoms with Crippen LogP contribution in [-0.4, -0.2) is 87.7 Å². The van der Waals surface area contributed by atoms with Crippen molar-refractivity contribution < 1.29 is 24.2 Å². The van der Waals surface area contributed by atoms with Gasteiger partial charge in [-0.15, -0.1) is 5.10 Å². The number of carboxylic acid groups (broad SMARTS) is 1. The van der Waals surface area contributed by atoms with Crippen molar-refractivity contribution in [3.63, 3.8) is 0 Å². The number of aliphatic carboxylic acids is 1. The second-order valence-corrected chi connectivity index (χ2v) is 5.12. The van der Waals surface area contributed by atoms with Gasteiger partial charge in [-0.25, -0.2) is 9.59 Å². The number of rotatable bonds is 4. The summed E-state index contributed by atoms with van der Waals surface area (Å²) in [4.78, 5) is 38.4. The Bertz CT molecular complexity index is 601. The topological polar surface area (TPSA) is 130 Å². The second-order valence-electron chi connectivity index (χ2n) is 5.12. The minimum Gasteiger partial charge on any atom is -0.479 e. The Hall–Kier alpha value is -2.69. The van der Waals surface area contributed by atoms with Crippen molar-refractivity contribution in [1.82, 2.24) is 24.8 Å². The third kappa shape index (κ3) is 4.39. The molecule has 11 heteroatoms. The number of hydrogen-bond acceptors (Lipinski definition) is 6. The fourth-order valence-corrected chi connectivity index (χ4v) is 1.90. The lowest BCUT2D eigenvalue weighted by atomic mass is 10.2. The van der Waals surface area contributed by atoms with E-state index in [1.165, 1.54) is 16.0 Å². The van der Waals surface area contributed by atoms with Gasteiger partial charge in [-0.3, -0.25) is 10.1 Å². The Morgan fingerprint density at radius 3 is 2.87 bits per heavy atom. The summed E-state index contributed by atoms with van der Waals surface area (Å²) in [5, 5.41) is 19.3. The molecule has 3 amide bonds. The molecule has 1 unspecified atom stereocenters. The van der Waals surface area contributed by atoms with Gasteiger partial charge in [0.05, 0.1) is 19.3 Å². The minimum atomic E-state index is -1.10. The van der Waals surface area contributed by atoms with Crippen molar-refractivity contribution in [3.05, 3.63) is 6.20 Å². The summed E-state index contributed by atoms with van der Waals surface area (Å²) in [5.74, 6) is -1.20. The van der Waals surface area contributed by atoms with Gasteiger partial charge in [-0.1, -0.05) is 0 Å².